The van der Waals surface area contributed by atoms with Gasteiger partial charge in [-0.05, 0) is 47.8 Å². The predicted molar refractivity (Wildman–Crippen MR) is 81.8 cm³/mol. The lowest BCUT2D eigenvalue weighted by Crippen LogP contribution is -2.26. The highest BCUT2D eigenvalue weighted by atomic mass is 79.9. The SMILES string of the molecule is COc1c(Br)cc(Cl)cc1S(=O)(=O)NCCCC(C)O. The highest BCUT2D eigenvalue weighted by Crippen LogP contribution is 2.35. The third-order valence-corrected chi connectivity index (χ3v) is 4.83. The van der Waals surface area contributed by atoms with Crippen LogP contribution in [-0.4, -0.2) is 33.3 Å². The molecule has 20 heavy (non-hydrogen) atoms. The summed E-state index contributed by atoms with van der Waals surface area (Å²) in [6.45, 7) is 1.89. The number of benzene rings is 1. The summed E-state index contributed by atoms with van der Waals surface area (Å²) in [5.74, 6) is 0.206. The van der Waals surface area contributed by atoms with Crippen LogP contribution >= 0.6 is 27.5 Å². The maximum atomic E-state index is 12.2. The van der Waals surface area contributed by atoms with E-state index in [2.05, 4.69) is 20.7 Å². The Hall–Kier alpha value is -0.340. The second-order valence-electron chi connectivity index (χ2n) is 4.31. The van der Waals surface area contributed by atoms with Gasteiger partial charge in [-0.1, -0.05) is 11.6 Å². The number of ether oxygens (including phenoxy) is 1. The number of halogens is 2. The van der Waals surface area contributed by atoms with Crippen molar-refractivity contribution in [2.75, 3.05) is 13.7 Å². The van der Waals surface area contributed by atoms with Crippen molar-refractivity contribution in [1.29, 1.82) is 0 Å². The molecule has 0 aromatic heterocycles. The van der Waals surface area contributed by atoms with Crippen LogP contribution in [-0.2, 0) is 10.0 Å². The van der Waals surface area contributed by atoms with Crippen LogP contribution in [0.3, 0.4) is 0 Å². The lowest BCUT2D eigenvalue weighted by Gasteiger charge is -2.13. The molecular formula is C12H17BrClNO4S. The zero-order valence-corrected chi connectivity index (χ0v) is 14.3. The Morgan fingerprint density at radius 1 is 1.50 bits per heavy atom. The van der Waals surface area contributed by atoms with Crippen molar-refractivity contribution in [3.63, 3.8) is 0 Å². The molecular weight excluding hydrogens is 370 g/mol. The predicted octanol–water partition coefficient (Wildman–Crippen LogP) is 2.55. The number of aliphatic hydroxyl groups excluding tert-OH is 1. The maximum absolute atomic E-state index is 12.2. The Kier molecular flexibility index (Phi) is 6.74. The Labute approximate surface area is 132 Å². The van der Waals surface area contributed by atoms with Crippen LogP contribution in [0.1, 0.15) is 19.8 Å². The van der Waals surface area contributed by atoms with E-state index in [0.29, 0.717) is 22.3 Å². The van der Waals surface area contributed by atoms with E-state index in [1.807, 2.05) is 0 Å². The number of hydrogen-bond acceptors (Lipinski definition) is 4. The number of nitrogens with one attached hydrogen (secondary N) is 1. The first-order chi connectivity index (χ1) is 9.27. The summed E-state index contributed by atoms with van der Waals surface area (Å²) in [4.78, 5) is -0.0172. The van der Waals surface area contributed by atoms with Gasteiger partial charge in [-0.2, -0.15) is 0 Å². The fraction of sp³-hybridized carbons (Fsp3) is 0.500. The van der Waals surface area contributed by atoms with E-state index in [9.17, 15) is 8.42 Å². The van der Waals surface area contributed by atoms with Crippen LogP contribution in [0.25, 0.3) is 0 Å². The van der Waals surface area contributed by atoms with Gasteiger partial charge in [0.05, 0.1) is 17.7 Å². The molecule has 114 valence electrons. The van der Waals surface area contributed by atoms with Gasteiger partial charge in [-0.15, -0.1) is 0 Å². The molecule has 1 aromatic rings. The number of rotatable bonds is 7. The topological polar surface area (TPSA) is 75.6 Å². The van der Waals surface area contributed by atoms with Crippen molar-refractivity contribution >= 4 is 37.6 Å². The normalized spacial score (nSPS) is 13.2. The first-order valence-corrected chi connectivity index (χ1v) is 8.64. The first-order valence-electron chi connectivity index (χ1n) is 5.98. The van der Waals surface area contributed by atoms with Crippen molar-refractivity contribution < 1.29 is 18.3 Å². The quantitative estimate of drug-likeness (QED) is 0.706. The Morgan fingerprint density at radius 2 is 2.15 bits per heavy atom. The molecule has 0 bridgehead atoms. The van der Waals surface area contributed by atoms with E-state index in [-0.39, 0.29) is 17.2 Å². The summed E-state index contributed by atoms with van der Waals surface area (Å²) in [5, 5.41) is 9.43. The molecule has 1 unspecified atom stereocenters. The van der Waals surface area contributed by atoms with E-state index in [1.54, 1.807) is 13.0 Å². The van der Waals surface area contributed by atoms with Crippen LogP contribution in [0.5, 0.6) is 5.75 Å². The van der Waals surface area contributed by atoms with Crippen LogP contribution < -0.4 is 9.46 Å². The molecule has 0 radical (unpaired) electrons. The van der Waals surface area contributed by atoms with E-state index in [4.69, 9.17) is 21.4 Å². The van der Waals surface area contributed by atoms with Gasteiger partial charge in [0.2, 0.25) is 10.0 Å². The largest absolute Gasteiger partial charge is 0.494 e. The number of hydrogen-bond donors (Lipinski definition) is 2. The molecule has 0 heterocycles. The Balaban J connectivity index is 2.92. The van der Waals surface area contributed by atoms with Gasteiger partial charge in [0.15, 0.2) is 5.75 Å². The van der Waals surface area contributed by atoms with Crippen molar-refractivity contribution in [3.05, 3.63) is 21.6 Å². The van der Waals surface area contributed by atoms with Gasteiger partial charge in [-0.3, -0.25) is 0 Å². The standard InChI is InChI=1S/C12H17BrClNO4S/c1-8(16)4-3-5-15-20(17,18)11-7-9(14)6-10(13)12(11)19-2/h6-8,15-16H,3-5H2,1-2H3. The summed E-state index contributed by atoms with van der Waals surface area (Å²) >= 11 is 9.09. The average molecular weight is 387 g/mol. The van der Waals surface area contributed by atoms with Crippen LogP contribution in [0, 0.1) is 0 Å². The minimum Gasteiger partial charge on any atom is -0.494 e. The lowest BCUT2D eigenvalue weighted by molar-refractivity contribution is 0.182. The van der Waals surface area contributed by atoms with Crippen LogP contribution in [0.2, 0.25) is 5.02 Å². The summed E-state index contributed by atoms with van der Waals surface area (Å²) in [6, 6.07) is 2.90. The zero-order chi connectivity index (χ0) is 15.3. The highest BCUT2D eigenvalue weighted by molar-refractivity contribution is 9.10. The summed E-state index contributed by atoms with van der Waals surface area (Å²) in [5.41, 5.74) is 0. The summed E-state index contributed by atoms with van der Waals surface area (Å²) < 4.78 is 32.5. The van der Waals surface area contributed by atoms with Crippen molar-refractivity contribution in [1.82, 2.24) is 4.72 Å². The molecule has 0 aliphatic carbocycles. The van der Waals surface area contributed by atoms with Gasteiger partial charge in [0.1, 0.15) is 4.90 Å². The van der Waals surface area contributed by atoms with E-state index < -0.39 is 16.1 Å². The fourth-order valence-electron chi connectivity index (χ4n) is 1.62. The third-order valence-electron chi connectivity index (χ3n) is 2.56. The molecule has 0 saturated heterocycles. The maximum Gasteiger partial charge on any atom is 0.244 e. The Morgan fingerprint density at radius 3 is 2.70 bits per heavy atom. The molecule has 5 nitrogen and oxygen atoms in total. The van der Waals surface area contributed by atoms with Crippen LogP contribution in [0.15, 0.2) is 21.5 Å². The van der Waals surface area contributed by atoms with Crippen molar-refractivity contribution in [2.24, 2.45) is 0 Å². The molecule has 0 spiro atoms. The molecule has 1 rings (SSSR count). The van der Waals surface area contributed by atoms with Crippen molar-refractivity contribution in [3.8, 4) is 5.75 Å². The number of sulfonamides is 1. The second kappa shape index (κ2) is 7.61. The Bertz CT molecular complexity index is 563. The molecule has 0 saturated carbocycles. The number of aliphatic hydroxyl groups is 1. The molecule has 0 amide bonds. The fourth-order valence-corrected chi connectivity index (χ4v) is 4.07. The van der Waals surface area contributed by atoms with E-state index in [0.717, 1.165) is 0 Å². The van der Waals surface area contributed by atoms with Gasteiger partial charge < -0.3 is 9.84 Å². The van der Waals surface area contributed by atoms with E-state index >= 15 is 0 Å². The molecule has 1 atom stereocenters. The minimum atomic E-state index is -3.72. The molecule has 0 fully saturated rings. The molecule has 2 N–H and O–H groups in total. The highest BCUT2D eigenvalue weighted by Gasteiger charge is 2.22. The van der Waals surface area contributed by atoms with Gasteiger partial charge in [0.25, 0.3) is 0 Å². The van der Waals surface area contributed by atoms with Gasteiger partial charge in [-0.25, -0.2) is 13.1 Å². The first kappa shape index (κ1) is 17.7. The van der Waals surface area contributed by atoms with Gasteiger partial charge >= 0.3 is 0 Å². The lowest BCUT2D eigenvalue weighted by atomic mass is 10.2. The second-order valence-corrected chi connectivity index (χ2v) is 7.33. The molecule has 8 heteroatoms. The van der Waals surface area contributed by atoms with Gasteiger partial charge in [0, 0.05) is 11.6 Å². The summed E-state index contributed by atoms with van der Waals surface area (Å²) in [6.07, 6.45) is 0.620. The smallest absolute Gasteiger partial charge is 0.244 e. The molecule has 1 aromatic carbocycles. The molecule has 0 aliphatic rings. The number of methoxy groups -OCH3 is 1. The summed E-state index contributed by atoms with van der Waals surface area (Å²) in [7, 11) is -2.33. The third kappa shape index (κ3) is 4.89. The zero-order valence-electron chi connectivity index (χ0n) is 11.2. The molecule has 0 aliphatic heterocycles. The minimum absolute atomic E-state index is 0.0172. The average Bonchev–Trinajstić information content (AvgIpc) is 2.33. The monoisotopic (exact) mass is 385 g/mol. The van der Waals surface area contributed by atoms with Crippen molar-refractivity contribution in [2.45, 2.75) is 30.8 Å². The van der Waals surface area contributed by atoms with E-state index in [1.165, 1.54) is 13.2 Å². The van der Waals surface area contributed by atoms with Crippen LogP contribution in [0.4, 0.5) is 0 Å².